The van der Waals surface area contributed by atoms with Gasteiger partial charge in [0.15, 0.2) is 0 Å². The van der Waals surface area contributed by atoms with Crippen LogP contribution in [0.4, 0.5) is 0 Å². The Morgan fingerprint density at radius 2 is 0.674 bits per heavy atom. The zero-order valence-corrected chi connectivity index (χ0v) is 29.2. The molecule has 46 heavy (non-hydrogen) atoms. The van der Waals surface area contributed by atoms with Crippen LogP contribution in [-0.4, -0.2) is 74.5 Å². The molecule has 0 aromatic heterocycles. The van der Waals surface area contributed by atoms with Crippen LogP contribution in [0.5, 0.6) is 11.5 Å². The van der Waals surface area contributed by atoms with Crippen molar-refractivity contribution in [1.29, 1.82) is 0 Å². The molecule has 0 N–H and O–H groups in total. The van der Waals surface area contributed by atoms with Crippen molar-refractivity contribution in [3.8, 4) is 11.5 Å². The monoisotopic (exact) mass is 620 g/mol. The number of hydrogen-bond donors (Lipinski definition) is 0. The van der Waals surface area contributed by atoms with E-state index >= 15 is 0 Å². The number of rotatable bonds is 18. The molecule has 0 atom stereocenters. The summed E-state index contributed by atoms with van der Waals surface area (Å²) in [6.07, 6.45) is 0. The van der Waals surface area contributed by atoms with Gasteiger partial charge in [-0.15, -0.1) is 0 Å². The van der Waals surface area contributed by atoms with Crippen molar-refractivity contribution in [2.75, 3.05) is 65.6 Å². The Labute approximate surface area is 279 Å². The predicted octanol–water partition coefficient (Wildman–Crippen LogP) is 9.20. The molecule has 4 rings (SSSR count). The van der Waals surface area contributed by atoms with Gasteiger partial charge >= 0.3 is 0 Å². The van der Waals surface area contributed by atoms with Crippen molar-refractivity contribution in [2.45, 2.75) is 41.5 Å². The fourth-order valence-electron chi connectivity index (χ4n) is 6.56. The molecule has 244 valence electrons. The predicted molar refractivity (Wildman–Crippen MR) is 195 cm³/mol. The number of hydrogen-bond acceptors (Lipinski definition) is 2. The van der Waals surface area contributed by atoms with Gasteiger partial charge in [0.05, 0.1) is 39.3 Å². The van der Waals surface area contributed by atoms with Crippen molar-refractivity contribution in [3.63, 3.8) is 0 Å². The van der Waals surface area contributed by atoms with Gasteiger partial charge in [0, 0.05) is 0 Å². The van der Waals surface area contributed by atoms with Crippen LogP contribution in [0.25, 0.3) is 11.1 Å². The highest BCUT2D eigenvalue weighted by molar-refractivity contribution is 6.04. The first kappa shape index (κ1) is 35.0. The van der Waals surface area contributed by atoms with Crippen molar-refractivity contribution in [3.05, 3.63) is 131 Å². The second-order valence-electron chi connectivity index (χ2n) is 12.3. The summed E-state index contributed by atoms with van der Waals surface area (Å²) in [5, 5.41) is 0. The van der Waals surface area contributed by atoms with E-state index in [1.807, 2.05) is 0 Å². The minimum absolute atomic E-state index is 0.718. The van der Waals surface area contributed by atoms with Gasteiger partial charge in [-0.1, -0.05) is 84.9 Å². The Balaban J connectivity index is 1.68. The second-order valence-corrected chi connectivity index (χ2v) is 12.3. The van der Waals surface area contributed by atoms with Crippen LogP contribution >= 0.6 is 0 Å². The molecular formula is C42H56N2O2+2. The highest BCUT2D eigenvalue weighted by Crippen LogP contribution is 2.37. The first-order valence-electron chi connectivity index (χ1n) is 17.5. The molecule has 0 fully saturated rings. The quantitative estimate of drug-likeness (QED) is 0.0816. The van der Waals surface area contributed by atoms with Gasteiger partial charge in [-0.2, -0.15) is 0 Å². The molecular weight excluding hydrogens is 564 g/mol. The Bertz CT molecular complexity index is 1340. The Morgan fingerprint density at radius 3 is 0.957 bits per heavy atom. The third-order valence-electron chi connectivity index (χ3n) is 10.4. The van der Waals surface area contributed by atoms with E-state index in [1.165, 1.54) is 22.3 Å². The molecule has 0 amide bonds. The smallest absolute Gasteiger partial charge is 0.137 e. The molecule has 0 heterocycles. The standard InChI is InChI=1S/C42H56N2O2/c1-7-43(8-2,9-3)31-33-45-39-27-23-37(24-28-39)41(35-19-15-13-16-20-35)42(36-21-17-14-18-22-36)38-25-29-40(30-26-38)46-34-32-44(10-4,11-5)12-6/h13-30H,7-12,31-34H2,1-6H3/q+2. The van der Waals surface area contributed by atoms with Gasteiger partial charge in [0.25, 0.3) is 0 Å². The van der Waals surface area contributed by atoms with E-state index in [0.29, 0.717) is 0 Å². The van der Waals surface area contributed by atoms with Gasteiger partial charge < -0.3 is 18.4 Å². The minimum Gasteiger partial charge on any atom is -0.488 e. The molecule has 0 saturated heterocycles. The Hall–Kier alpha value is -3.86. The molecule has 4 aromatic carbocycles. The lowest BCUT2D eigenvalue weighted by molar-refractivity contribution is -0.923. The molecule has 0 spiro atoms. The summed E-state index contributed by atoms with van der Waals surface area (Å²) >= 11 is 0. The van der Waals surface area contributed by atoms with Crippen LogP contribution in [0.15, 0.2) is 109 Å². The Morgan fingerprint density at radius 1 is 0.391 bits per heavy atom. The molecule has 0 bridgehead atoms. The van der Waals surface area contributed by atoms with E-state index in [2.05, 4.69) is 151 Å². The maximum absolute atomic E-state index is 6.28. The number of ether oxygens (including phenoxy) is 2. The average molecular weight is 621 g/mol. The summed E-state index contributed by atoms with van der Waals surface area (Å²) in [5.41, 5.74) is 7.07. The van der Waals surface area contributed by atoms with Gasteiger partial charge in [-0.05, 0) is 99.2 Å². The van der Waals surface area contributed by atoms with Gasteiger partial charge in [-0.3, -0.25) is 0 Å². The van der Waals surface area contributed by atoms with Crippen molar-refractivity contribution in [1.82, 2.24) is 0 Å². The SMILES string of the molecule is CC[N+](CC)(CC)CCOc1ccc(C(=C(c2ccccc2)c2ccc(OCC[N+](CC)(CC)CC)cc2)c2ccccc2)cc1. The molecule has 4 heteroatoms. The lowest BCUT2D eigenvalue weighted by Crippen LogP contribution is -2.49. The van der Waals surface area contributed by atoms with Gasteiger partial charge in [-0.25, -0.2) is 0 Å². The molecule has 0 unspecified atom stereocenters. The topological polar surface area (TPSA) is 18.5 Å². The fourth-order valence-corrected chi connectivity index (χ4v) is 6.56. The van der Waals surface area contributed by atoms with Crippen LogP contribution in [0, 0.1) is 0 Å². The number of likely N-dealkylation sites (N-methyl/N-ethyl adjacent to an activating group) is 2. The summed E-state index contributed by atoms with van der Waals surface area (Å²) in [4.78, 5) is 0. The molecule has 0 aliphatic carbocycles. The van der Waals surface area contributed by atoms with Crippen molar-refractivity contribution >= 4 is 11.1 Å². The normalized spacial score (nSPS) is 12.5. The number of nitrogens with zero attached hydrogens (tertiary/aromatic N) is 2. The first-order chi connectivity index (χ1) is 22.5. The fraction of sp³-hybridized carbons (Fsp3) is 0.381. The van der Waals surface area contributed by atoms with E-state index in [1.54, 1.807) is 0 Å². The van der Waals surface area contributed by atoms with Gasteiger partial charge in [0.1, 0.15) is 37.8 Å². The van der Waals surface area contributed by atoms with E-state index in [-0.39, 0.29) is 0 Å². The Kier molecular flexibility index (Phi) is 13.1. The maximum atomic E-state index is 6.28. The number of quaternary nitrogens is 2. The second kappa shape index (κ2) is 17.2. The van der Waals surface area contributed by atoms with Gasteiger partial charge in [0.2, 0.25) is 0 Å². The van der Waals surface area contributed by atoms with E-state index in [0.717, 1.165) is 97.2 Å². The minimum atomic E-state index is 0.718. The summed E-state index contributed by atoms with van der Waals surface area (Å²) in [6.45, 7) is 23.9. The van der Waals surface area contributed by atoms with Crippen LogP contribution in [0.3, 0.4) is 0 Å². The number of benzene rings is 4. The largest absolute Gasteiger partial charge is 0.488 e. The summed E-state index contributed by atoms with van der Waals surface area (Å²) < 4.78 is 14.7. The third-order valence-corrected chi connectivity index (χ3v) is 10.4. The van der Waals surface area contributed by atoms with Crippen molar-refractivity contribution in [2.24, 2.45) is 0 Å². The zero-order valence-electron chi connectivity index (χ0n) is 29.2. The van der Waals surface area contributed by atoms with Crippen LogP contribution in [0.1, 0.15) is 63.8 Å². The lowest BCUT2D eigenvalue weighted by Gasteiger charge is -2.35. The van der Waals surface area contributed by atoms with E-state index in [9.17, 15) is 0 Å². The maximum Gasteiger partial charge on any atom is 0.137 e. The van der Waals surface area contributed by atoms with Crippen molar-refractivity contribution < 1.29 is 18.4 Å². The van der Waals surface area contributed by atoms with Crippen LogP contribution in [0.2, 0.25) is 0 Å². The van der Waals surface area contributed by atoms with E-state index < -0.39 is 0 Å². The summed E-state index contributed by atoms with van der Waals surface area (Å²) in [7, 11) is 0. The molecule has 0 radical (unpaired) electrons. The van der Waals surface area contributed by atoms with E-state index in [4.69, 9.17) is 9.47 Å². The molecule has 0 saturated carbocycles. The lowest BCUT2D eigenvalue weighted by atomic mass is 9.86. The summed E-state index contributed by atoms with van der Waals surface area (Å²) in [5.74, 6) is 1.83. The molecule has 0 aliphatic rings. The molecule has 4 aromatic rings. The first-order valence-corrected chi connectivity index (χ1v) is 17.5. The average Bonchev–Trinajstić information content (AvgIpc) is 3.13. The molecule has 4 nitrogen and oxygen atoms in total. The third kappa shape index (κ3) is 8.69. The van der Waals surface area contributed by atoms with Crippen LogP contribution < -0.4 is 9.47 Å². The molecule has 0 aliphatic heterocycles. The summed E-state index contributed by atoms with van der Waals surface area (Å²) in [6, 6.07) is 38.8. The van der Waals surface area contributed by atoms with Crippen LogP contribution in [-0.2, 0) is 0 Å². The highest BCUT2D eigenvalue weighted by atomic mass is 16.5. The zero-order chi connectivity index (χ0) is 32.8. The highest BCUT2D eigenvalue weighted by Gasteiger charge is 2.22.